The Hall–Kier alpha value is -1.04. The molecule has 2 aliphatic carbocycles. The van der Waals surface area contributed by atoms with Gasteiger partial charge in [-0.05, 0) is 43.9 Å². The monoisotopic (exact) mass is 248 g/mol. The first-order valence-electron chi connectivity index (χ1n) is 7.39. The second-order valence-electron chi connectivity index (χ2n) is 6.05. The molecule has 0 heterocycles. The summed E-state index contributed by atoms with van der Waals surface area (Å²) in [4.78, 5) is 12.0. The van der Waals surface area contributed by atoms with E-state index in [4.69, 9.17) is 5.26 Å². The van der Waals surface area contributed by atoms with E-state index in [2.05, 4.69) is 18.3 Å². The van der Waals surface area contributed by atoms with Crippen LogP contribution in [0, 0.1) is 28.6 Å². The quantitative estimate of drug-likeness (QED) is 0.831. The third-order valence-electron chi connectivity index (χ3n) is 4.95. The molecule has 18 heavy (non-hydrogen) atoms. The largest absolute Gasteiger partial charge is 0.354 e. The Kier molecular flexibility index (Phi) is 4.27. The number of nitrogens with zero attached hydrogens (tertiary/aromatic N) is 1. The summed E-state index contributed by atoms with van der Waals surface area (Å²) in [5.74, 6) is 1.51. The number of amides is 1. The zero-order valence-electron chi connectivity index (χ0n) is 11.4. The van der Waals surface area contributed by atoms with Crippen LogP contribution < -0.4 is 5.32 Å². The highest BCUT2D eigenvalue weighted by Crippen LogP contribution is 2.40. The summed E-state index contributed by atoms with van der Waals surface area (Å²) in [5.41, 5.74) is -0.680. The summed E-state index contributed by atoms with van der Waals surface area (Å²) in [6, 6.07) is 2.21. The van der Waals surface area contributed by atoms with E-state index in [-0.39, 0.29) is 5.91 Å². The Bertz CT molecular complexity index is 333. The van der Waals surface area contributed by atoms with Crippen LogP contribution in [0.2, 0.25) is 0 Å². The Labute approximate surface area is 110 Å². The summed E-state index contributed by atoms with van der Waals surface area (Å²) < 4.78 is 0. The number of nitrogens with one attached hydrogen (secondary N) is 1. The second kappa shape index (κ2) is 5.73. The van der Waals surface area contributed by atoms with Gasteiger partial charge in [-0.3, -0.25) is 4.79 Å². The number of rotatable bonds is 4. The minimum Gasteiger partial charge on any atom is -0.354 e. The molecule has 1 amide bonds. The first kappa shape index (κ1) is 13.4. The fourth-order valence-electron chi connectivity index (χ4n) is 3.17. The molecule has 0 unspecified atom stereocenters. The van der Waals surface area contributed by atoms with E-state index in [0.717, 1.165) is 31.7 Å². The molecule has 0 radical (unpaired) electrons. The first-order chi connectivity index (χ1) is 8.70. The Balaban J connectivity index is 1.72. The lowest BCUT2D eigenvalue weighted by Gasteiger charge is -2.34. The topological polar surface area (TPSA) is 52.9 Å². The van der Waals surface area contributed by atoms with Crippen LogP contribution in [0.1, 0.15) is 58.3 Å². The van der Waals surface area contributed by atoms with Crippen LogP contribution in [0.3, 0.4) is 0 Å². The smallest absolute Gasteiger partial charge is 0.240 e. The predicted octanol–water partition coefficient (Wildman–Crippen LogP) is 3.01. The van der Waals surface area contributed by atoms with E-state index in [1.807, 2.05) is 0 Å². The molecule has 2 aliphatic rings. The third kappa shape index (κ3) is 2.68. The minimum atomic E-state index is -0.680. The van der Waals surface area contributed by atoms with Crippen LogP contribution in [0.25, 0.3) is 0 Å². The van der Waals surface area contributed by atoms with E-state index in [0.29, 0.717) is 5.92 Å². The molecule has 1 N–H and O–H groups in total. The lowest BCUT2D eigenvalue weighted by Crippen LogP contribution is -2.46. The predicted molar refractivity (Wildman–Crippen MR) is 70.6 cm³/mol. The highest BCUT2D eigenvalue weighted by atomic mass is 16.2. The summed E-state index contributed by atoms with van der Waals surface area (Å²) >= 11 is 0. The van der Waals surface area contributed by atoms with Crippen LogP contribution in [0.15, 0.2) is 0 Å². The molecule has 0 aromatic rings. The summed E-state index contributed by atoms with van der Waals surface area (Å²) in [5, 5.41) is 12.1. The van der Waals surface area contributed by atoms with Gasteiger partial charge in [-0.15, -0.1) is 0 Å². The Morgan fingerprint density at radius 2 is 1.89 bits per heavy atom. The van der Waals surface area contributed by atoms with Crippen LogP contribution >= 0.6 is 0 Å². The van der Waals surface area contributed by atoms with Gasteiger partial charge in [0.1, 0.15) is 5.41 Å². The lowest BCUT2D eigenvalue weighted by molar-refractivity contribution is -0.132. The normalized spacial score (nSPS) is 30.0. The van der Waals surface area contributed by atoms with Crippen molar-refractivity contribution in [2.24, 2.45) is 17.3 Å². The second-order valence-corrected chi connectivity index (χ2v) is 6.05. The number of carbonyl (C=O) groups is 1. The number of nitriles is 1. The Morgan fingerprint density at radius 1 is 1.28 bits per heavy atom. The molecule has 0 aliphatic heterocycles. The van der Waals surface area contributed by atoms with Crippen LogP contribution in [-0.4, -0.2) is 12.5 Å². The van der Waals surface area contributed by atoms with Crippen molar-refractivity contribution in [3.8, 4) is 6.07 Å². The molecule has 0 atom stereocenters. The average molecular weight is 248 g/mol. The van der Waals surface area contributed by atoms with Crippen molar-refractivity contribution in [1.82, 2.24) is 5.32 Å². The van der Waals surface area contributed by atoms with Gasteiger partial charge >= 0.3 is 0 Å². The zero-order valence-corrected chi connectivity index (χ0v) is 11.4. The van der Waals surface area contributed by atoms with E-state index in [9.17, 15) is 4.79 Å². The van der Waals surface area contributed by atoms with Gasteiger partial charge in [0.05, 0.1) is 6.07 Å². The molecule has 2 saturated carbocycles. The van der Waals surface area contributed by atoms with Gasteiger partial charge in [-0.1, -0.05) is 26.2 Å². The summed E-state index contributed by atoms with van der Waals surface area (Å²) in [6.45, 7) is 3.04. The molecule has 2 rings (SSSR count). The molecule has 0 bridgehead atoms. The van der Waals surface area contributed by atoms with Crippen molar-refractivity contribution in [1.29, 1.82) is 5.26 Å². The number of hydrogen-bond acceptors (Lipinski definition) is 2. The first-order valence-corrected chi connectivity index (χ1v) is 7.39. The fraction of sp³-hybridized carbons (Fsp3) is 0.867. The SMILES string of the molecule is CCC1CCC(CNC(=O)C2(C#N)CCC2)CC1. The Morgan fingerprint density at radius 3 is 2.33 bits per heavy atom. The van der Waals surface area contributed by atoms with Gasteiger partial charge in [-0.2, -0.15) is 5.26 Å². The summed E-state index contributed by atoms with van der Waals surface area (Å²) in [7, 11) is 0. The van der Waals surface area contributed by atoms with Gasteiger partial charge < -0.3 is 5.32 Å². The highest BCUT2D eigenvalue weighted by Gasteiger charge is 2.44. The molecular formula is C15H24N2O. The molecule has 0 aromatic carbocycles. The van der Waals surface area contributed by atoms with Gasteiger partial charge in [0.25, 0.3) is 0 Å². The average Bonchev–Trinajstić information content (AvgIpc) is 2.36. The van der Waals surface area contributed by atoms with Crippen LogP contribution in [-0.2, 0) is 4.79 Å². The molecule has 0 aromatic heterocycles. The standard InChI is InChI=1S/C15H24N2O/c1-2-12-4-6-13(7-5-12)10-17-14(18)15(11-16)8-3-9-15/h12-13H,2-10H2,1H3,(H,17,18). The van der Waals surface area contributed by atoms with Gasteiger partial charge in [0.15, 0.2) is 0 Å². The lowest BCUT2D eigenvalue weighted by atomic mass is 9.69. The van der Waals surface area contributed by atoms with Crippen molar-refractivity contribution in [2.75, 3.05) is 6.54 Å². The maximum Gasteiger partial charge on any atom is 0.240 e. The van der Waals surface area contributed by atoms with Gasteiger partial charge in [0.2, 0.25) is 5.91 Å². The minimum absolute atomic E-state index is 0.0196. The zero-order chi connectivity index (χ0) is 13.0. The van der Waals surface area contributed by atoms with Gasteiger partial charge in [0, 0.05) is 6.54 Å². The molecule has 0 spiro atoms. The molecule has 100 valence electrons. The maximum absolute atomic E-state index is 12.0. The third-order valence-corrected chi connectivity index (χ3v) is 4.95. The summed E-state index contributed by atoms with van der Waals surface area (Å²) in [6.07, 6.45) is 8.88. The molecular weight excluding hydrogens is 224 g/mol. The van der Waals surface area contributed by atoms with Crippen molar-refractivity contribution < 1.29 is 4.79 Å². The number of hydrogen-bond donors (Lipinski definition) is 1. The maximum atomic E-state index is 12.0. The molecule has 0 saturated heterocycles. The molecule has 2 fully saturated rings. The van der Waals surface area contributed by atoms with E-state index in [1.165, 1.54) is 32.1 Å². The van der Waals surface area contributed by atoms with E-state index in [1.54, 1.807) is 0 Å². The molecule has 3 nitrogen and oxygen atoms in total. The van der Waals surface area contributed by atoms with Crippen LogP contribution in [0.5, 0.6) is 0 Å². The van der Waals surface area contributed by atoms with E-state index >= 15 is 0 Å². The van der Waals surface area contributed by atoms with Gasteiger partial charge in [-0.25, -0.2) is 0 Å². The van der Waals surface area contributed by atoms with Crippen molar-refractivity contribution in [3.63, 3.8) is 0 Å². The highest BCUT2D eigenvalue weighted by molar-refractivity contribution is 5.86. The fourth-order valence-corrected chi connectivity index (χ4v) is 3.17. The van der Waals surface area contributed by atoms with E-state index < -0.39 is 5.41 Å². The van der Waals surface area contributed by atoms with Crippen molar-refractivity contribution >= 4 is 5.91 Å². The van der Waals surface area contributed by atoms with Crippen molar-refractivity contribution in [2.45, 2.75) is 58.3 Å². The number of carbonyl (C=O) groups excluding carboxylic acids is 1. The van der Waals surface area contributed by atoms with Crippen molar-refractivity contribution in [3.05, 3.63) is 0 Å². The van der Waals surface area contributed by atoms with Crippen LogP contribution in [0.4, 0.5) is 0 Å². The molecule has 3 heteroatoms.